The summed E-state index contributed by atoms with van der Waals surface area (Å²) in [4.78, 5) is 43.6. The van der Waals surface area contributed by atoms with Gasteiger partial charge in [-0.05, 0) is 31.2 Å². The molecule has 2 aromatic heterocycles. The number of methoxy groups -OCH3 is 1. The highest BCUT2D eigenvalue weighted by Crippen LogP contribution is 2.37. The van der Waals surface area contributed by atoms with E-state index in [0.29, 0.717) is 16.3 Å². The molecule has 0 atom stereocenters. The molecule has 8 nitrogen and oxygen atoms in total. The maximum Gasteiger partial charge on any atom is 0.341 e. The lowest BCUT2D eigenvalue weighted by Gasteiger charge is -2.11. The molecular formula is C19H23N3O5S2. The molecule has 0 radical (unpaired) electrons. The minimum Gasteiger partial charge on any atom is -0.493 e. The Morgan fingerprint density at radius 1 is 1.31 bits per heavy atom. The van der Waals surface area contributed by atoms with Gasteiger partial charge in [0, 0.05) is 17.1 Å². The van der Waals surface area contributed by atoms with Gasteiger partial charge in [0.05, 0.1) is 18.7 Å². The highest BCUT2D eigenvalue weighted by atomic mass is 32.2. The van der Waals surface area contributed by atoms with Gasteiger partial charge in [0.1, 0.15) is 5.00 Å². The monoisotopic (exact) mass is 437 g/mol. The Kier molecular flexibility index (Phi) is 7.32. The Labute approximate surface area is 176 Å². The number of hydrogen-bond acceptors (Lipinski definition) is 8. The van der Waals surface area contributed by atoms with Crippen LogP contribution in [0.1, 0.15) is 52.9 Å². The van der Waals surface area contributed by atoms with Crippen LogP contribution in [0.15, 0.2) is 16.0 Å². The average Bonchev–Trinajstić information content (AvgIpc) is 2.96. The van der Waals surface area contributed by atoms with Crippen molar-refractivity contribution in [1.82, 2.24) is 9.97 Å². The quantitative estimate of drug-likeness (QED) is 0.361. The maximum absolute atomic E-state index is 12.4. The number of aromatic amines is 1. The van der Waals surface area contributed by atoms with Crippen molar-refractivity contribution in [3.05, 3.63) is 32.4 Å². The summed E-state index contributed by atoms with van der Waals surface area (Å²) in [5.74, 6) is -0.662. The number of amides is 1. The first-order valence-electron chi connectivity index (χ1n) is 9.43. The van der Waals surface area contributed by atoms with Gasteiger partial charge in [-0.25, -0.2) is 4.79 Å². The predicted molar refractivity (Wildman–Crippen MR) is 112 cm³/mol. The number of carbonyl (C=O) groups excluding carboxylic acids is 2. The van der Waals surface area contributed by atoms with Gasteiger partial charge >= 0.3 is 5.97 Å². The van der Waals surface area contributed by atoms with Crippen LogP contribution in [0, 0.1) is 0 Å². The number of carbonyl (C=O) groups is 2. The summed E-state index contributed by atoms with van der Waals surface area (Å²) >= 11 is 2.62. The summed E-state index contributed by atoms with van der Waals surface area (Å²) in [6.45, 7) is 0. The minimum absolute atomic E-state index is 0.160. The number of H-pyrrole nitrogens is 1. The number of nitrogens with one attached hydrogen (secondary N) is 2. The number of anilines is 1. The molecule has 0 spiro atoms. The molecule has 3 N–H and O–H groups in total. The standard InChI is InChI=1S/C19H23N3O5S2/c1-27-18(26)16-11-6-4-2-3-5-7-12(11)29-17(16)20-13(23)8-9-28-19-21-14(24)10-15(25)22-19/h10H,2-9H2,1H3,(H,20,23)(H2,21,22,24,25). The van der Waals surface area contributed by atoms with Crippen LogP contribution in [0.25, 0.3) is 0 Å². The molecule has 0 saturated carbocycles. The van der Waals surface area contributed by atoms with Crippen LogP contribution in [0.4, 0.5) is 5.00 Å². The maximum atomic E-state index is 12.4. The van der Waals surface area contributed by atoms with E-state index in [1.54, 1.807) is 0 Å². The van der Waals surface area contributed by atoms with E-state index in [-0.39, 0.29) is 23.4 Å². The van der Waals surface area contributed by atoms with E-state index in [1.165, 1.54) is 24.9 Å². The smallest absolute Gasteiger partial charge is 0.341 e. The number of fused-ring (bicyclic) bond motifs is 1. The van der Waals surface area contributed by atoms with E-state index < -0.39 is 11.5 Å². The molecule has 3 rings (SSSR count). The summed E-state index contributed by atoms with van der Waals surface area (Å²) in [5.41, 5.74) is 1.03. The van der Waals surface area contributed by atoms with Crippen molar-refractivity contribution in [2.24, 2.45) is 0 Å². The Bertz CT molecular complexity index is 954. The number of hydrogen-bond donors (Lipinski definition) is 3. The fourth-order valence-corrected chi connectivity index (χ4v) is 5.35. The minimum atomic E-state index is -0.455. The fraction of sp³-hybridized carbons (Fsp3) is 0.474. The molecule has 10 heteroatoms. The zero-order valence-electron chi connectivity index (χ0n) is 16.1. The number of thiophene rings is 1. The third kappa shape index (κ3) is 5.60. The highest BCUT2D eigenvalue weighted by molar-refractivity contribution is 7.99. The van der Waals surface area contributed by atoms with Gasteiger partial charge in [-0.2, -0.15) is 4.98 Å². The van der Waals surface area contributed by atoms with Gasteiger partial charge in [-0.1, -0.05) is 24.6 Å². The summed E-state index contributed by atoms with van der Waals surface area (Å²) in [7, 11) is 1.35. The number of ether oxygens (including phenoxy) is 1. The van der Waals surface area contributed by atoms with Crippen LogP contribution >= 0.6 is 23.1 Å². The van der Waals surface area contributed by atoms with Gasteiger partial charge < -0.3 is 20.1 Å². The molecule has 1 aliphatic rings. The van der Waals surface area contributed by atoms with Crippen molar-refractivity contribution in [2.75, 3.05) is 18.2 Å². The van der Waals surface area contributed by atoms with Gasteiger partial charge in [-0.15, -0.1) is 11.3 Å². The fourth-order valence-electron chi connectivity index (χ4n) is 3.25. The number of esters is 1. The number of nitrogens with zero attached hydrogens (tertiary/aromatic N) is 1. The zero-order valence-corrected chi connectivity index (χ0v) is 17.7. The Hall–Kier alpha value is -2.33. The molecular weight excluding hydrogens is 414 g/mol. The Balaban J connectivity index is 1.68. The summed E-state index contributed by atoms with van der Waals surface area (Å²) in [6, 6.07) is 0.980. The highest BCUT2D eigenvalue weighted by Gasteiger charge is 2.25. The van der Waals surface area contributed by atoms with Gasteiger partial charge in [0.2, 0.25) is 11.8 Å². The summed E-state index contributed by atoms with van der Waals surface area (Å²) < 4.78 is 4.96. The van der Waals surface area contributed by atoms with Crippen LogP contribution in [0.5, 0.6) is 5.88 Å². The van der Waals surface area contributed by atoms with Crippen molar-refractivity contribution < 1.29 is 19.4 Å². The van der Waals surface area contributed by atoms with E-state index in [2.05, 4.69) is 15.3 Å². The van der Waals surface area contributed by atoms with Crippen molar-refractivity contribution >= 4 is 40.0 Å². The third-order valence-electron chi connectivity index (χ3n) is 4.59. The van der Waals surface area contributed by atoms with Gasteiger partial charge in [-0.3, -0.25) is 9.59 Å². The van der Waals surface area contributed by atoms with Crippen molar-refractivity contribution in [3.8, 4) is 5.88 Å². The SMILES string of the molecule is COC(=O)c1c(NC(=O)CCSc2nc(O)cc(=O)[nH]2)sc2c1CCCCCC2. The summed E-state index contributed by atoms with van der Waals surface area (Å²) in [5, 5.41) is 13.0. The third-order valence-corrected chi connectivity index (χ3v) is 6.67. The topological polar surface area (TPSA) is 121 Å². The van der Waals surface area contributed by atoms with E-state index in [0.717, 1.165) is 60.4 Å². The van der Waals surface area contributed by atoms with Crippen LogP contribution in [0.2, 0.25) is 0 Å². The lowest BCUT2D eigenvalue weighted by Crippen LogP contribution is -2.15. The number of aromatic nitrogens is 2. The largest absolute Gasteiger partial charge is 0.493 e. The second-order valence-corrected chi connectivity index (χ2v) is 8.86. The molecule has 0 saturated heterocycles. The van der Waals surface area contributed by atoms with E-state index in [9.17, 15) is 19.5 Å². The molecule has 2 aromatic rings. The number of thioether (sulfide) groups is 1. The second-order valence-electron chi connectivity index (χ2n) is 6.67. The van der Waals surface area contributed by atoms with Crippen LogP contribution in [-0.2, 0) is 22.4 Å². The first-order chi connectivity index (χ1) is 14.0. The van der Waals surface area contributed by atoms with Crippen LogP contribution in [0.3, 0.4) is 0 Å². The molecule has 1 amide bonds. The molecule has 0 fully saturated rings. The lowest BCUT2D eigenvalue weighted by molar-refractivity contribution is -0.115. The molecule has 29 heavy (non-hydrogen) atoms. The van der Waals surface area contributed by atoms with Crippen LogP contribution in [-0.4, -0.2) is 39.8 Å². The predicted octanol–water partition coefficient (Wildman–Crippen LogP) is 3.10. The molecule has 0 aliphatic heterocycles. The normalized spacial score (nSPS) is 13.8. The molecule has 0 bridgehead atoms. The average molecular weight is 438 g/mol. The van der Waals surface area contributed by atoms with Gasteiger partial charge in [0.25, 0.3) is 5.56 Å². The number of aryl methyl sites for hydroxylation is 1. The van der Waals surface area contributed by atoms with E-state index >= 15 is 0 Å². The molecule has 0 aromatic carbocycles. The summed E-state index contributed by atoms with van der Waals surface area (Å²) in [6.07, 6.45) is 6.30. The van der Waals surface area contributed by atoms with Crippen molar-refractivity contribution in [2.45, 2.75) is 50.1 Å². The molecule has 0 unspecified atom stereocenters. The van der Waals surface area contributed by atoms with E-state index in [1.807, 2.05) is 0 Å². The number of rotatable bonds is 6. The molecule has 2 heterocycles. The lowest BCUT2D eigenvalue weighted by atomic mass is 9.96. The van der Waals surface area contributed by atoms with E-state index in [4.69, 9.17) is 4.74 Å². The first kappa shape index (κ1) is 21.4. The van der Waals surface area contributed by atoms with Crippen molar-refractivity contribution in [1.29, 1.82) is 0 Å². The molecule has 1 aliphatic carbocycles. The van der Waals surface area contributed by atoms with Gasteiger partial charge in [0.15, 0.2) is 5.16 Å². The molecule has 156 valence electrons. The zero-order chi connectivity index (χ0) is 20.8. The van der Waals surface area contributed by atoms with Crippen molar-refractivity contribution in [3.63, 3.8) is 0 Å². The second kappa shape index (κ2) is 9.93. The number of aromatic hydroxyl groups is 1. The van der Waals surface area contributed by atoms with Crippen LogP contribution < -0.4 is 10.9 Å². The Morgan fingerprint density at radius 2 is 2.07 bits per heavy atom. The Morgan fingerprint density at radius 3 is 2.79 bits per heavy atom. The first-order valence-corrected chi connectivity index (χ1v) is 11.2.